The minimum Gasteiger partial charge on any atom is -0.368 e. The summed E-state index contributed by atoms with van der Waals surface area (Å²) < 4.78 is 0. The number of amides is 3. The second-order valence-electron chi connectivity index (χ2n) is 7.38. The van der Waals surface area contributed by atoms with Crippen molar-refractivity contribution in [2.75, 3.05) is 13.1 Å². The van der Waals surface area contributed by atoms with E-state index in [0.29, 0.717) is 23.7 Å². The first-order valence-electron chi connectivity index (χ1n) is 10.1. The molecule has 2 aromatic rings. The van der Waals surface area contributed by atoms with E-state index in [1.165, 1.54) is 5.56 Å². The predicted octanol–water partition coefficient (Wildman–Crippen LogP) is 2.06. The Morgan fingerprint density at radius 1 is 0.867 bits per heavy atom. The number of carbonyl (C=O) groups excluding carboxylic acids is 3. The van der Waals surface area contributed by atoms with Crippen LogP contribution in [0.4, 0.5) is 0 Å². The fourth-order valence-corrected chi connectivity index (χ4v) is 2.98. The Morgan fingerprint density at radius 2 is 1.37 bits per heavy atom. The van der Waals surface area contributed by atoms with Crippen molar-refractivity contribution < 1.29 is 14.4 Å². The summed E-state index contributed by atoms with van der Waals surface area (Å²) >= 11 is 0. The molecule has 0 aliphatic rings. The smallest absolute Gasteiger partial charge is 0.251 e. The maximum Gasteiger partial charge on any atom is 0.251 e. The lowest BCUT2D eigenvalue weighted by Crippen LogP contribution is -2.33. The van der Waals surface area contributed by atoms with Crippen LogP contribution in [0.25, 0.3) is 0 Å². The minimum absolute atomic E-state index is 0.152. The summed E-state index contributed by atoms with van der Waals surface area (Å²) in [6.07, 6.45) is 0. The van der Waals surface area contributed by atoms with E-state index in [1.54, 1.807) is 24.3 Å². The Morgan fingerprint density at radius 3 is 1.83 bits per heavy atom. The molecule has 7 nitrogen and oxygen atoms in total. The van der Waals surface area contributed by atoms with Crippen molar-refractivity contribution in [2.24, 2.45) is 5.73 Å². The minimum atomic E-state index is -0.599. The molecule has 7 heteroatoms. The predicted molar refractivity (Wildman–Crippen MR) is 117 cm³/mol. The highest BCUT2D eigenvalue weighted by Gasteiger charge is 2.10. The summed E-state index contributed by atoms with van der Waals surface area (Å²) in [6, 6.07) is 14.9. The molecule has 2 aromatic carbocycles. The first-order valence-corrected chi connectivity index (χ1v) is 10.1. The summed E-state index contributed by atoms with van der Waals surface area (Å²) in [5.74, 6) is -1.12. The second kappa shape index (κ2) is 11.1. The number of nitrogens with one attached hydrogen (secondary N) is 2. The van der Waals surface area contributed by atoms with Gasteiger partial charge in [0.25, 0.3) is 11.8 Å². The van der Waals surface area contributed by atoms with Crippen molar-refractivity contribution >= 4 is 17.7 Å². The molecule has 4 N–H and O–H groups in total. The van der Waals surface area contributed by atoms with Gasteiger partial charge < -0.3 is 16.4 Å². The molecule has 0 fully saturated rings. The molecule has 0 unspecified atom stereocenters. The zero-order chi connectivity index (χ0) is 22.1. The molecular formula is C23H30N4O3. The van der Waals surface area contributed by atoms with Crippen molar-refractivity contribution in [3.05, 3.63) is 70.8 Å². The Kier molecular flexibility index (Phi) is 8.55. The summed E-state index contributed by atoms with van der Waals surface area (Å²) in [4.78, 5) is 37.4. The molecule has 3 amide bonds. The monoisotopic (exact) mass is 410 g/mol. The lowest BCUT2D eigenvalue weighted by Gasteiger charge is -2.24. The number of carbonyl (C=O) groups is 3. The largest absolute Gasteiger partial charge is 0.368 e. The number of nitrogens with two attached hydrogens (primary N) is 1. The van der Waals surface area contributed by atoms with E-state index < -0.39 is 5.91 Å². The van der Waals surface area contributed by atoms with E-state index in [4.69, 9.17) is 5.73 Å². The SMILES string of the molecule is CCN(Cc1ccc(C(=O)NCc2ccc(C(=O)NCC(N)=O)cc2)cc1)C(C)C. The maximum absolute atomic E-state index is 12.4. The van der Waals surface area contributed by atoms with Gasteiger partial charge in [-0.25, -0.2) is 0 Å². The van der Waals surface area contributed by atoms with Crippen LogP contribution < -0.4 is 16.4 Å². The van der Waals surface area contributed by atoms with Gasteiger partial charge in [0.15, 0.2) is 0 Å². The van der Waals surface area contributed by atoms with Crippen LogP contribution in [-0.4, -0.2) is 41.8 Å². The first kappa shape index (κ1) is 23.1. The van der Waals surface area contributed by atoms with Crippen LogP contribution >= 0.6 is 0 Å². The van der Waals surface area contributed by atoms with Crippen molar-refractivity contribution in [1.82, 2.24) is 15.5 Å². The highest BCUT2D eigenvalue weighted by Crippen LogP contribution is 2.11. The van der Waals surface area contributed by atoms with Crippen LogP contribution in [0, 0.1) is 0 Å². The highest BCUT2D eigenvalue weighted by molar-refractivity contribution is 5.96. The summed E-state index contributed by atoms with van der Waals surface area (Å²) in [6.45, 7) is 8.46. The normalized spacial score (nSPS) is 10.8. The van der Waals surface area contributed by atoms with E-state index in [0.717, 1.165) is 18.7 Å². The van der Waals surface area contributed by atoms with Gasteiger partial charge in [-0.15, -0.1) is 0 Å². The van der Waals surface area contributed by atoms with Crippen molar-refractivity contribution in [1.29, 1.82) is 0 Å². The Labute approximate surface area is 177 Å². The third-order valence-corrected chi connectivity index (χ3v) is 4.83. The summed E-state index contributed by atoms with van der Waals surface area (Å²) in [7, 11) is 0. The van der Waals surface area contributed by atoms with Crippen LogP contribution in [0.1, 0.15) is 52.6 Å². The van der Waals surface area contributed by atoms with E-state index >= 15 is 0 Å². The molecule has 0 spiro atoms. The Bertz CT molecular complexity index is 861. The topological polar surface area (TPSA) is 105 Å². The van der Waals surface area contributed by atoms with Gasteiger partial charge in [0.1, 0.15) is 0 Å². The van der Waals surface area contributed by atoms with Crippen LogP contribution in [0.5, 0.6) is 0 Å². The molecule has 160 valence electrons. The molecule has 0 saturated carbocycles. The van der Waals surface area contributed by atoms with Gasteiger partial charge in [-0.2, -0.15) is 0 Å². The van der Waals surface area contributed by atoms with Crippen LogP contribution in [0.2, 0.25) is 0 Å². The van der Waals surface area contributed by atoms with E-state index in [2.05, 4.69) is 36.3 Å². The van der Waals surface area contributed by atoms with Gasteiger partial charge in [0.05, 0.1) is 6.54 Å². The first-order chi connectivity index (χ1) is 14.3. The molecule has 0 aromatic heterocycles. The van der Waals surface area contributed by atoms with Crippen molar-refractivity contribution in [3.8, 4) is 0 Å². The maximum atomic E-state index is 12.4. The van der Waals surface area contributed by atoms with E-state index in [-0.39, 0.29) is 18.4 Å². The molecule has 2 rings (SSSR count). The molecule has 30 heavy (non-hydrogen) atoms. The molecule has 0 aliphatic carbocycles. The number of hydrogen-bond donors (Lipinski definition) is 3. The zero-order valence-electron chi connectivity index (χ0n) is 17.8. The molecular weight excluding hydrogens is 380 g/mol. The third-order valence-electron chi connectivity index (χ3n) is 4.83. The zero-order valence-corrected chi connectivity index (χ0v) is 17.8. The Hall–Kier alpha value is -3.19. The molecule has 0 radical (unpaired) electrons. The number of primary amides is 1. The number of hydrogen-bond acceptors (Lipinski definition) is 4. The van der Waals surface area contributed by atoms with Crippen LogP contribution in [-0.2, 0) is 17.9 Å². The molecule has 0 atom stereocenters. The second-order valence-corrected chi connectivity index (χ2v) is 7.38. The average molecular weight is 411 g/mol. The summed E-state index contributed by atoms with van der Waals surface area (Å²) in [5, 5.41) is 5.31. The van der Waals surface area contributed by atoms with Crippen molar-refractivity contribution in [3.63, 3.8) is 0 Å². The quantitative estimate of drug-likeness (QED) is 0.558. The number of nitrogens with zero attached hydrogens (tertiary/aromatic N) is 1. The average Bonchev–Trinajstić information content (AvgIpc) is 2.74. The third kappa shape index (κ3) is 7.00. The number of rotatable bonds is 10. The molecule has 0 aliphatic heterocycles. The molecule has 0 heterocycles. The fourth-order valence-electron chi connectivity index (χ4n) is 2.98. The van der Waals surface area contributed by atoms with Gasteiger partial charge >= 0.3 is 0 Å². The molecule has 0 bridgehead atoms. The molecule has 0 saturated heterocycles. The standard InChI is InChI=1S/C23H30N4O3/c1-4-27(16(2)3)15-18-7-11-20(12-8-18)22(29)25-13-17-5-9-19(10-6-17)23(30)26-14-21(24)28/h5-12,16H,4,13-15H2,1-3H3,(H2,24,28)(H,25,29)(H,26,30). The Balaban J connectivity index is 1.88. The lowest BCUT2D eigenvalue weighted by molar-refractivity contribution is -0.117. The van der Waals surface area contributed by atoms with Gasteiger partial charge in [-0.1, -0.05) is 31.2 Å². The van der Waals surface area contributed by atoms with Gasteiger partial charge in [-0.05, 0) is 55.8 Å². The van der Waals surface area contributed by atoms with E-state index in [9.17, 15) is 14.4 Å². The highest BCUT2D eigenvalue weighted by atomic mass is 16.2. The van der Waals surface area contributed by atoms with Crippen LogP contribution in [0.15, 0.2) is 48.5 Å². The number of benzene rings is 2. The van der Waals surface area contributed by atoms with Gasteiger partial charge in [0, 0.05) is 30.3 Å². The van der Waals surface area contributed by atoms with Gasteiger partial charge in [-0.3, -0.25) is 19.3 Å². The van der Waals surface area contributed by atoms with Gasteiger partial charge in [0.2, 0.25) is 5.91 Å². The van der Waals surface area contributed by atoms with Crippen molar-refractivity contribution in [2.45, 2.75) is 39.9 Å². The van der Waals surface area contributed by atoms with Crippen LogP contribution in [0.3, 0.4) is 0 Å². The van der Waals surface area contributed by atoms with E-state index in [1.807, 2.05) is 24.3 Å². The lowest BCUT2D eigenvalue weighted by atomic mass is 10.1. The fraction of sp³-hybridized carbons (Fsp3) is 0.348. The summed E-state index contributed by atoms with van der Waals surface area (Å²) in [5.41, 5.74) is 8.07.